The van der Waals surface area contributed by atoms with Crippen LogP contribution in [0.1, 0.15) is 23.9 Å². The maximum atomic E-state index is 13.0. The maximum Gasteiger partial charge on any atom is 0.233 e. The second-order valence-corrected chi connectivity index (χ2v) is 11.4. The molecule has 7 nitrogen and oxygen atoms in total. The third-order valence-electron chi connectivity index (χ3n) is 5.97. The molecular formula is C21H27FN4O3S2. The number of sulfone groups is 1. The second kappa shape index (κ2) is 8.82. The molecule has 0 N–H and O–H groups in total. The van der Waals surface area contributed by atoms with Crippen LogP contribution in [0.5, 0.6) is 0 Å². The van der Waals surface area contributed by atoms with Crippen molar-refractivity contribution in [2.75, 3.05) is 48.3 Å². The Balaban J connectivity index is 1.35. The number of anilines is 1. The van der Waals surface area contributed by atoms with Crippen LogP contribution in [0.3, 0.4) is 0 Å². The van der Waals surface area contributed by atoms with E-state index in [1.54, 1.807) is 12.1 Å². The third-order valence-corrected chi connectivity index (χ3v) is 8.71. The lowest BCUT2D eigenvalue weighted by Gasteiger charge is -2.36. The molecule has 2 aliphatic heterocycles. The number of nitrogens with zero attached hydrogens (tertiary/aromatic N) is 4. The summed E-state index contributed by atoms with van der Waals surface area (Å²) in [7, 11) is -2.97. The van der Waals surface area contributed by atoms with Crippen molar-refractivity contribution in [1.29, 1.82) is 0 Å². The van der Waals surface area contributed by atoms with Gasteiger partial charge in [-0.2, -0.15) is 5.10 Å². The average Bonchev–Trinajstić information content (AvgIpc) is 3.25. The van der Waals surface area contributed by atoms with Gasteiger partial charge in [-0.3, -0.25) is 9.48 Å². The molecule has 1 aromatic carbocycles. The maximum absolute atomic E-state index is 13.0. The third kappa shape index (κ3) is 4.90. The number of rotatable bonds is 5. The van der Waals surface area contributed by atoms with Gasteiger partial charge in [-0.05, 0) is 44.5 Å². The number of benzene rings is 1. The Bertz CT molecular complexity index is 1060. The van der Waals surface area contributed by atoms with Crippen molar-refractivity contribution in [3.05, 3.63) is 41.5 Å². The van der Waals surface area contributed by atoms with E-state index in [0.717, 1.165) is 22.0 Å². The van der Waals surface area contributed by atoms with Crippen LogP contribution >= 0.6 is 11.8 Å². The largest absolute Gasteiger partial charge is 0.365 e. The van der Waals surface area contributed by atoms with Crippen molar-refractivity contribution in [2.24, 2.45) is 0 Å². The molecule has 31 heavy (non-hydrogen) atoms. The molecule has 0 aliphatic carbocycles. The monoisotopic (exact) mass is 466 g/mol. The molecule has 2 fully saturated rings. The summed E-state index contributed by atoms with van der Waals surface area (Å²) in [5.41, 5.74) is 2.94. The van der Waals surface area contributed by atoms with Crippen molar-refractivity contribution in [1.82, 2.24) is 14.7 Å². The SMILES string of the molecule is Cc1nn(C2CCS(=O)(=O)C2)c(C)c1N1CCN(C(=O)CSc2ccc(F)cc2)CC1. The van der Waals surface area contributed by atoms with Crippen molar-refractivity contribution in [3.8, 4) is 0 Å². The molecule has 168 valence electrons. The van der Waals surface area contributed by atoms with Crippen LogP contribution in [-0.2, 0) is 14.6 Å². The second-order valence-electron chi connectivity index (χ2n) is 8.13. The van der Waals surface area contributed by atoms with E-state index < -0.39 is 9.84 Å². The zero-order valence-electron chi connectivity index (χ0n) is 17.8. The van der Waals surface area contributed by atoms with Crippen LogP contribution in [0.4, 0.5) is 10.1 Å². The first-order valence-electron chi connectivity index (χ1n) is 10.4. The van der Waals surface area contributed by atoms with Crippen molar-refractivity contribution in [2.45, 2.75) is 31.2 Å². The van der Waals surface area contributed by atoms with E-state index in [4.69, 9.17) is 0 Å². The highest BCUT2D eigenvalue weighted by Gasteiger charge is 2.33. The number of aromatic nitrogens is 2. The molecule has 1 atom stereocenters. The molecule has 2 aromatic rings. The number of piperazine rings is 1. The standard InChI is InChI=1S/C21H27FN4O3S2/c1-15-21(16(2)26(23-15)18-7-12-31(28,29)14-18)25-10-8-24(9-11-25)20(27)13-30-19-5-3-17(22)4-6-19/h3-6,18H,7-14H2,1-2H3. The first kappa shape index (κ1) is 22.1. The molecule has 1 amide bonds. The summed E-state index contributed by atoms with van der Waals surface area (Å²) in [6, 6.07) is 6.08. The summed E-state index contributed by atoms with van der Waals surface area (Å²) in [5, 5.41) is 4.66. The summed E-state index contributed by atoms with van der Waals surface area (Å²) in [6.07, 6.45) is 0.609. The number of thioether (sulfide) groups is 1. The molecular weight excluding hydrogens is 439 g/mol. The zero-order chi connectivity index (χ0) is 22.2. The number of carbonyl (C=O) groups is 1. The first-order valence-corrected chi connectivity index (χ1v) is 13.2. The van der Waals surface area contributed by atoms with Gasteiger partial charge in [0.05, 0.1) is 40.4 Å². The Morgan fingerprint density at radius 2 is 1.84 bits per heavy atom. The van der Waals surface area contributed by atoms with Crippen LogP contribution in [0.2, 0.25) is 0 Å². The Morgan fingerprint density at radius 3 is 2.45 bits per heavy atom. The Labute approximate surface area is 186 Å². The van der Waals surface area contributed by atoms with E-state index in [9.17, 15) is 17.6 Å². The highest BCUT2D eigenvalue weighted by molar-refractivity contribution is 8.00. The van der Waals surface area contributed by atoms with E-state index in [1.165, 1.54) is 23.9 Å². The molecule has 0 saturated carbocycles. The van der Waals surface area contributed by atoms with Crippen LogP contribution in [0.25, 0.3) is 0 Å². The minimum atomic E-state index is -2.97. The minimum Gasteiger partial charge on any atom is -0.365 e. The predicted molar refractivity (Wildman–Crippen MR) is 120 cm³/mol. The van der Waals surface area contributed by atoms with Crippen LogP contribution in [0, 0.1) is 19.7 Å². The Kier molecular flexibility index (Phi) is 6.30. The summed E-state index contributed by atoms with van der Waals surface area (Å²) >= 11 is 1.42. The van der Waals surface area contributed by atoms with Crippen LogP contribution in [0.15, 0.2) is 29.2 Å². The number of hydrogen-bond donors (Lipinski definition) is 0. The molecule has 1 unspecified atom stereocenters. The molecule has 2 saturated heterocycles. The van der Waals surface area contributed by atoms with Crippen LogP contribution < -0.4 is 4.90 Å². The number of carbonyl (C=O) groups excluding carboxylic acids is 1. The molecule has 1 aromatic heterocycles. The van der Waals surface area contributed by atoms with Crippen LogP contribution in [-0.4, -0.2) is 72.4 Å². The van der Waals surface area contributed by atoms with Gasteiger partial charge in [-0.1, -0.05) is 0 Å². The topological polar surface area (TPSA) is 75.5 Å². The quantitative estimate of drug-likeness (QED) is 0.630. The highest BCUT2D eigenvalue weighted by Crippen LogP contribution is 2.31. The molecule has 3 heterocycles. The van der Waals surface area contributed by atoms with E-state index in [1.807, 2.05) is 23.4 Å². The van der Waals surface area contributed by atoms with Gasteiger partial charge < -0.3 is 9.80 Å². The highest BCUT2D eigenvalue weighted by atomic mass is 32.2. The summed E-state index contributed by atoms with van der Waals surface area (Å²) in [6.45, 7) is 6.64. The molecule has 0 spiro atoms. The minimum absolute atomic E-state index is 0.0780. The summed E-state index contributed by atoms with van der Waals surface area (Å²) in [4.78, 5) is 17.6. The van der Waals surface area contributed by atoms with Gasteiger partial charge in [0.15, 0.2) is 9.84 Å². The normalized spacial score (nSPS) is 20.9. The van der Waals surface area contributed by atoms with Crippen molar-refractivity contribution in [3.63, 3.8) is 0 Å². The van der Waals surface area contributed by atoms with Gasteiger partial charge >= 0.3 is 0 Å². The summed E-state index contributed by atoms with van der Waals surface area (Å²) in [5.74, 6) is 0.506. The van der Waals surface area contributed by atoms with E-state index >= 15 is 0 Å². The fourth-order valence-electron chi connectivity index (χ4n) is 4.38. The molecule has 2 aliphatic rings. The smallest absolute Gasteiger partial charge is 0.233 e. The summed E-state index contributed by atoms with van der Waals surface area (Å²) < 4.78 is 38.6. The fraction of sp³-hybridized carbons (Fsp3) is 0.524. The lowest BCUT2D eigenvalue weighted by atomic mass is 10.2. The van der Waals surface area contributed by atoms with Crippen molar-refractivity contribution >= 4 is 33.2 Å². The van der Waals surface area contributed by atoms with E-state index in [0.29, 0.717) is 38.4 Å². The number of amides is 1. The molecule has 4 rings (SSSR count). The van der Waals surface area contributed by atoms with Gasteiger partial charge in [-0.15, -0.1) is 11.8 Å². The molecule has 0 bridgehead atoms. The Hall–Kier alpha value is -2.07. The van der Waals surface area contributed by atoms with Crippen molar-refractivity contribution < 1.29 is 17.6 Å². The fourth-order valence-corrected chi connectivity index (χ4v) is 6.88. The van der Waals surface area contributed by atoms with Gasteiger partial charge in [0.25, 0.3) is 0 Å². The molecule has 0 radical (unpaired) electrons. The molecule has 10 heteroatoms. The zero-order valence-corrected chi connectivity index (χ0v) is 19.4. The number of hydrogen-bond acceptors (Lipinski definition) is 6. The van der Waals surface area contributed by atoms with Gasteiger partial charge in [0.2, 0.25) is 5.91 Å². The number of halogens is 1. The predicted octanol–water partition coefficient (Wildman–Crippen LogP) is 2.44. The van der Waals surface area contributed by atoms with E-state index in [2.05, 4.69) is 10.00 Å². The van der Waals surface area contributed by atoms with Gasteiger partial charge in [-0.25, -0.2) is 12.8 Å². The van der Waals surface area contributed by atoms with Gasteiger partial charge in [0.1, 0.15) is 5.82 Å². The number of aryl methyl sites for hydroxylation is 1. The van der Waals surface area contributed by atoms with E-state index in [-0.39, 0.29) is 29.3 Å². The average molecular weight is 467 g/mol. The Morgan fingerprint density at radius 1 is 1.16 bits per heavy atom. The lowest BCUT2D eigenvalue weighted by Crippen LogP contribution is -2.49. The first-order chi connectivity index (χ1) is 14.7. The van der Waals surface area contributed by atoms with Gasteiger partial charge in [0, 0.05) is 31.1 Å². The lowest BCUT2D eigenvalue weighted by molar-refractivity contribution is -0.128.